The van der Waals surface area contributed by atoms with E-state index in [0.29, 0.717) is 21.4 Å². The molecule has 0 aliphatic carbocycles. The zero-order valence-electron chi connectivity index (χ0n) is 20.5. The maximum atomic E-state index is 13.7. The van der Waals surface area contributed by atoms with Gasteiger partial charge in [0.25, 0.3) is 10.0 Å². The lowest BCUT2D eigenvalue weighted by atomic mass is 10.1. The summed E-state index contributed by atoms with van der Waals surface area (Å²) in [5, 5.41) is 3.27. The Morgan fingerprint density at radius 3 is 2.32 bits per heavy atom. The van der Waals surface area contributed by atoms with E-state index in [1.807, 2.05) is 0 Å². The normalized spacial score (nSPS) is 11.9. The quantitative estimate of drug-likeness (QED) is 0.395. The number of rotatable bonds is 10. The molecule has 0 saturated carbocycles. The molecular weight excluding hydrogens is 537 g/mol. The summed E-state index contributed by atoms with van der Waals surface area (Å²) in [4.78, 5) is 27.6. The number of benzene rings is 3. The molecule has 8 nitrogen and oxygen atoms in total. The van der Waals surface area contributed by atoms with Crippen molar-refractivity contribution in [3.8, 4) is 5.75 Å². The summed E-state index contributed by atoms with van der Waals surface area (Å²) in [7, 11) is -1.24. The van der Waals surface area contributed by atoms with Gasteiger partial charge in [0.05, 0.1) is 17.7 Å². The van der Waals surface area contributed by atoms with Gasteiger partial charge in [-0.1, -0.05) is 53.5 Å². The Kier molecular flexibility index (Phi) is 9.42. The van der Waals surface area contributed by atoms with Crippen LogP contribution in [0.3, 0.4) is 0 Å². The number of methoxy groups -OCH3 is 1. The second-order valence-corrected chi connectivity index (χ2v) is 10.8. The highest BCUT2D eigenvalue weighted by atomic mass is 35.5. The fourth-order valence-corrected chi connectivity index (χ4v) is 5.53. The lowest BCUT2D eigenvalue weighted by Crippen LogP contribution is -2.50. The molecule has 0 spiro atoms. The average molecular weight is 564 g/mol. The molecule has 0 saturated heterocycles. The van der Waals surface area contributed by atoms with Crippen molar-refractivity contribution in [3.05, 3.63) is 88.4 Å². The molecule has 0 aliphatic heterocycles. The Bertz CT molecular complexity index is 1370. The van der Waals surface area contributed by atoms with E-state index in [1.165, 1.54) is 43.3 Å². The summed E-state index contributed by atoms with van der Waals surface area (Å²) in [6.07, 6.45) is 0. The molecule has 3 aromatic rings. The number of sulfonamides is 1. The Labute approximate surface area is 226 Å². The molecule has 2 amide bonds. The maximum absolute atomic E-state index is 13.7. The van der Waals surface area contributed by atoms with Crippen LogP contribution in [-0.2, 0) is 26.2 Å². The number of halogens is 2. The summed E-state index contributed by atoms with van der Waals surface area (Å²) in [5.74, 6) is -0.608. The van der Waals surface area contributed by atoms with Crippen LogP contribution >= 0.6 is 23.2 Å². The van der Waals surface area contributed by atoms with Gasteiger partial charge in [0.1, 0.15) is 18.3 Å². The smallest absolute Gasteiger partial charge is 0.264 e. The van der Waals surface area contributed by atoms with Crippen molar-refractivity contribution in [1.82, 2.24) is 10.2 Å². The van der Waals surface area contributed by atoms with Gasteiger partial charge in [0.15, 0.2) is 0 Å². The van der Waals surface area contributed by atoms with Crippen LogP contribution in [-0.4, -0.2) is 51.9 Å². The number of nitrogens with zero attached hydrogens (tertiary/aromatic N) is 2. The number of hydrogen-bond donors (Lipinski definition) is 1. The van der Waals surface area contributed by atoms with Crippen molar-refractivity contribution in [3.63, 3.8) is 0 Å². The van der Waals surface area contributed by atoms with Gasteiger partial charge in [-0.15, -0.1) is 0 Å². The van der Waals surface area contributed by atoms with E-state index in [4.69, 9.17) is 27.9 Å². The number of amides is 2. The van der Waals surface area contributed by atoms with E-state index >= 15 is 0 Å². The molecule has 0 radical (unpaired) electrons. The number of nitrogens with one attached hydrogen (secondary N) is 1. The molecular formula is C26H27Cl2N3O5S. The predicted octanol–water partition coefficient (Wildman–Crippen LogP) is 4.36. The lowest BCUT2D eigenvalue weighted by Gasteiger charge is -2.32. The second kappa shape index (κ2) is 12.3. The van der Waals surface area contributed by atoms with Gasteiger partial charge in [-0.05, 0) is 48.9 Å². The second-order valence-electron chi connectivity index (χ2n) is 8.07. The molecule has 1 unspecified atom stereocenters. The van der Waals surface area contributed by atoms with E-state index in [-0.39, 0.29) is 17.1 Å². The van der Waals surface area contributed by atoms with Crippen LogP contribution in [0, 0.1) is 0 Å². The fraction of sp³-hybridized carbons (Fsp3) is 0.231. The zero-order chi connectivity index (χ0) is 27.2. The molecule has 1 N–H and O–H groups in total. The molecule has 11 heteroatoms. The predicted molar refractivity (Wildman–Crippen MR) is 145 cm³/mol. The minimum Gasteiger partial charge on any atom is -0.497 e. The summed E-state index contributed by atoms with van der Waals surface area (Å²) in [6.45, 7) is 0.944. The van der Waals surface area contributed by atoms with Gasteiger partial charge in [0.2, 0.25) is 11.8 Å². The van der Waals surface area contributed by atoms with Crippen LogP contribution in [0.5, 0.6) is 5.75 Å². The van der Waals surface area contributed by atoms with Gasteiger partial charge in [-0.3, -0.25) is 13.9 Å². The number of ether oxygens (including phenoxy) is 1. The summed E-state index contributed by atoms with van der Waals surface area (Å²) >= 11 is 12.3. The highest BCUT2D eigenvalue weighted by Crippen LogP contribution is 2.28. The van der Waals surface area contributed by atoms with Gasteiger partial charge in [-0.25, -0.2) is 8.42 Å². The third-order valence-corrected chi connectivity index (χ3v) is 8.10. The van der Waals surface area contributed by atoms with Crippen molar-refractivity contribution < 1.29 is 22.7 Å². The monoisotopic (exact) mass is 563 g/mol. The van der Waals surface area contributed by atoms with Gasteiger partial charge < -0.3 is 15.0 Å². The SMILES string of the molecule is CNC(=O)C(C)N(Cc1ccc(Cl)cc1Cl)C(=O)CN(c1cccc(OC)c1)S(=O)(=O)c1ccccc1. The standard InChI is InChI=1S/C26H27Cl2N3O5S/c1-18(26(33)29-2)30(16-19-12-13-20(27)14-24(19)28)25(32)17-31(21-8-7-9-22(15-21)36-3)37(34,35)23-10-5-4-6-11-23/h4-15,18H,16-17H2,1-3H3,(H,29,33). The Balaban J connectivity index is 2.05. The van der Waals surface area contributed by atoms with E-state index in [2.05, 4.69) is 5.32 Å². The Morgan fingerprint density at radius 2 is 1.70 bits per heavy atom. The first-order chi connectivity index (χ1) is 17.6. The summed E-state index contributed by atoms with van der Waals surface area (Å²) in [5.41, 5.74) is 0.780. The van der Waals surface area contributed by atoms with Crippen LogP contribution < -0.4 is 14.4 Å². The molecule has 3 rings (SSSR count). The minimum absolute atomic E-state index is 0.0114. The third kappa shape index (κ3) is 6.74. The lowest BCUT2D eigenvalue weighted by molar-refractivity contribution is -0.139. The molecule has 0 aliphatic rings. The Hall–Kier alpha value is -3.27. The zero-order valence-corrected chi connectivity index (χ0v) is 22.8. The number of likely N-dealkylation sites (N-methyl/N-ethyl adjacent to an activating group) is 1. The largest absolute Gasteiger partial charge is 0.497 e. The van der Waals surface area contributed by atoms with Crippen molar-refractivity contribution >= 4 is 50.7 Å². The maximum Gasteiger partial charge on any atom is 0.264 e. The van der Waals surface area contributed by atoms with Gasteiger partial charge >= 0.3 is 0 Å². The number of carbonyl (C=O) groups is 2. The summed E-state index contributed by atoms with van der Waals surface area (Å²) < 4.78 is 33.7. The molecule has 0 heterocycles. The molecule has 3 aromatic carbocycles. The van der Waals surface area contributed by atoms with E-state index in [0.717, 1.165) is 4.31 Å². The van der Waals surface area contributed by atoms with Crippen molar-refractivity contribution in [2.45, 2.75) is 24.4 Å². The molecule has 1 atom stereocenters. The van der Waals surface area contributed by atoms with Crippen LogP contribution in [0.15, 0.2) is 77.7 Å². The first-order valence-corrected chi connectivity index (χ1v) is 13.4. The van der Waals surface area contributed by atoms with E-state index < -0.39 is 34.4 Å². The van der Waals surface area contributed by atoms with Crippen LogP contribution in [0.2, 0.25) is 10.0 Å². The number of carbonyl (C=O) groups excluding carboxylic acids is 2. The van der Waals surface area contributed by atoms with Crippen LogP contribution in [0.1, 0.15) is 12.5 Å². The van der Waals surface area contributed by atoms with Crippen LogP contribution in [0.4, 0.5) is 5.69 Å². The van der Waals surface area contributed by atoms with Crippen molar-refractivity contribution in [2.24, 2.45) is 0 Å². The van der Waals surface area contributed by atoms with E-state index in [9.17, 15) is 18.0 Å². The first kappa shape index (κ1) is 28.3. The Morgan fingerprint density at radius 1 is 1.00 bits per heavy atom. The van der Waals surface area contributed by atoms with Gasteiger partial charge in [-0.2, -0.15) is 0 Å². The number of hydrogen-bond acceptors (Lipinski definition) is 5. The molecule has 0 fully saturated rings. The highest BCUT2D eigenvalue weighted by molar-refractivity contribution is 7.92. The number of anilines is 1. The fourth-order valence-electron chi connectivity index (χ4n) is 3.64. The molecule has 0 aromatic heterocycles. The van der Waals surface area contributed by atoms with Gasteiger partial charge in [0, 0.05) is 29.7 Å². The van der Waals surface area contributed by atoms with Crippen LogP contribution in [0.25, 0.3) is 0 Å². The first-order valence-electron chi connectivity index (χ1n) is 11.2. The van der Waals surface area contributed by atoms with Crippen molar-refractivity contribution in [1.29, 1.82) is 0 Å². The third-order valence-electron chi connectivity index (χ3n) is 5.72. The minimum atomic E-state index is -4.16. The molecule has 37 heavy (non-hydrogen) atoms. The van der Waals surface area contributed by atoms with E-state index in [1.54, 1.807) is 55.5 Å². The highest BCUT2D eigenvalue weighted by Gasteiger charge is 2.32. The summed E-state index contributed by atoms with van der Waals surface area (Å²) in [6, 6.07) is 18.1. The van der Waals surface area contributed by atoms with Crippen molar-refractivity contribution in [2.75, 3.05) is 25.0 Å². The average Bonchev–Trinajstić information content (AvgIpc) is 2.90. The topological polar surface area (TPSA) is 96.0 Å². The molecule has 196 valence electrons. The molecule has 0 bridgehead atoms.